The highest BCUT2D eigenvalue weighted by atomic mass is 32.2. The first-order valence-electron chi connectivity index (χ1n) is 7.44. The summed E-state index contributed by atoms with van der Waals surface area (Å²) in [5.74, 6) is -2.41. The van der Waals surface area contributed by atoms with Gasteiger partial charge >= 0.3 is 6.18 Å². The minimum absolute atomic E-state index is 0.0649. The summed E-state index contributed by atoms with van der Waals surface area (Å²) in [4.78, 5) is 7.22. The highest BCUT2D eigenvalue weighted by Gasteiger charge is 2.37. The van der Waals surface area contributed by atoms with Gasteiger partial charge in [-0.25, -0.2) is 22.8 Å². The Bertz CT molecular complexity index is 1110. The molecule has 0 atom stereocenters. The van der Waals surface area contributed by atoms with E-state index < -0.39 is 27.7 Å². The van der Waals surface area contributed by atoms with Crippen LogP contribution < -0.4 is 0 Å². The lowest BCUT2D eigenvalue weighted by atomic mass is 10.1. The number of pyridine rings is 1. The van der Waals surface area contributed by atoms with E-state index in [0.717, 1.165) is 23.2 Å². The molecule has 0 unspecified atom stereocenters. The van der Waals surface area contributed by atoms with E-state index in [2.05, 4.69) is 15.1 Å². The van der Waals surface area contributed by atoms with Crippen molar-refractivity contribution in [1.29, 1.82) is 0 Å². The molecular weight excluding hydrogens is 388 g/mol. The van der Waals surface area contributed by atoms with E-state index in [1.54, 1.807) is 0 Å². The second kappa shape index (κ2) is 6.41. The number of aromatic nitrogens is 4. The Hall–Kier alpha value is -2.82. The zero-order valence-electron chi connectivity index (χ0n) is 14.0. The van der Waals surface area contributed by atoms with E-state index in [9.17, 15) is 26.0 Å². The van der Waals surface area contributed by atoms with Gasteiger partial charge in [-0.05, 0) is 30.7 Å². The van der Waals surface area contributed by atoms with Gasteiger partial charge in [0.15, 0.2) is 21.5 Å². The SMILES string of the molecule is Cc1ccc(-c2nc(C(F)(F)F)nn2-c2ccc(S(C)(=O)=O)cn2)cc1F. The second-order valence-electron chi connectivity index (χ2n) is 5.76. The van der Waals surface area contributed by atoms with Crippen molar-refractivity contribution in [3.05, 3.63) is 53.7 Å². The number of aryl methyl sites for hydroxylation is 1. The molecule has 0 bridgehead atoms. The first-order valence-corrected chi connectivity index (χ1v) is 9.33. The summed E-state index contributed by atoms with van der Waals surface area (Å²) in [5.41, 5.74) is 0.381. The van der Waals surface area contributed by atoms with Gasteiger partial charge < -0.3 is 0 Å². The van der Waals surface area contributed by atoms with Crippen LogP contribution in [0.4, 0.5) is 17.6 Å². The van der Waals surface area contributed by atoms with E-state index in [1.807, 2.05) is 0 Å². The molecule has 0 radical (unpaired) electrons. The number of nitrogens with zero attached hydrogens (tertiary/aromatic N) is 4. The predicted octanol–water partition coefficient (Wildman–Crippen LogP) is 3.20. The van der Waals surface area contributed by atoms with E-state index in [4.69, 9.17) is 0 Å². The minimum atomic E-state index is -4.82. The molecule has 27 heavy (non-hydrogen) atoms. The molecule has 142 valence electrons. The van der Waals surface area contributed by atoms with Crippen LogP contribution >= 0.6 is 0 Å². The van der Waals surface area contributed by atoms with Crippen LogP contribution in [0.25, 0.3) is 17.2 Å². The fraction of sp³-hybridized carbons (Fsp3) is 0.188. The number of halogens is 4. The van der Waals surface area contributed by atoms with Gasteiger partial charge in [-0.1, -0.05) is 12.1 Å². The van der Waals surface area contributed by atoms with Crippen molar-refractivity contribution >= 4 is 9.84 Å². The van der Waals surface area contributed by atoms with Crippen LogP contribution in [-0.4, -0.2) is 34.4 Å². The number of alkyl halides is 3. The van der Waals surface area contributed by atoms with Gasteiger partial charge in [0.1, 0.15) is 5.82 Å². The molecule has 0 fully saturated rings. The Balaban J connectivity index is 2.19. The van der Waals surface area contributed by atoms with E-state index >= 15 is 0 Å². The Morgan fingerprint density at radius 2 is 1.81 bits per heavy atom. The summed E-state index contributed by atoms with van der Waals surface area (Å²) in [6.45, 7) is 1.51. The molecule has 0 amide bonds. The highest BCUT2D eigenvalue weighted by molar-refractivity contribution is 7.90. The van der Waals surface area contributed by atoms with Gasteiger partial charge in [0, 0.05) is 18.0 Å². The molecule has 0 spiro atoms. The summed E-state index contributed by atoms with van der Waals surface area (Å²) in [5, 5.41) is 3.42. The maximum Gasteiger partial charge on any atom is 0.453 e. The standard InChI is InChI=1S/C16H12F4N4O2S/c1-9-3-4-10(7-12(9)17)14-22-15(16(18,19)20)23-24(14)13-6-5-11(8-21-13)27(2,25)26/h3-8H,1-2H3. The fourth-order valence-corrected chi connectivity index (χ4v) is 2.79. The van der Waals surface area contributed by atoms with Crippen molar-refractivity contribution in [2.75, 3.05) is 6.26 Å². The van der Waals surface area contributed by atoms with Gasteiger partial charge in [0.25, 0.3) is 5.82 Å². The molecule has 0 N–H and O–H groups in total. The zero-order valence-corrected chi connectivity index (χ0v) is 14.8. The van der Waals surface area contributed by atoms with Crippen LogP contribution in [0, 0.1) is 12.7 Å². The van der Waals surface area contributed by atoms with E-state index in [-0.39, 0.29) is 22.1 Å². The smallest absolute Gasteiger partial charge is 0.236 e. The monoisotopic (exact) mass is 400 g/mol. The number of rotatable bonds is 3. The Kier molecular flexibility index (Phi) is 4.50. The molecule has 2 heterocycles. The zero-order chi connectivity index (χ0) is 20.0. The first-order chi connectivity index (χ1) is 12.5. The van der Waals surface area contributed by atoms with Crippen LogP contribution in [0.3, 0.4) is 0 Å². The van der Waals surface area contributed by atoms with Gasteiger partial charge in [0.05, 0.1) is 4.90 Å². The molecule has 11 heteroatoms. The first kappa shape index (κ1) is 19.0. The van der Waals surface area contributed by atoms with Crippen molar-refractivity contribution in [3.8, 4) is 17.2 Å². The van der Waals surface area contributed by atoms with Crippen molar-refractivity contribution < 1.29 is 26.0 Å². The van der Waals surface area contributed by atoms with E-state index in [0.29, 0.717) is 5.56 Å². The molecule has 0 saturated carbocycles. The van der Waals surface area contributed by atoms with Crippen LogP contribution in [0.1, 0.15) is 11.4 Å². The maximum atomic E-state index is 13.9. The molecule has 2 aromatic heterocycles. The summed E-state index contributed by atoms with van der Waals surface area (Å²) >= 11 is 0. The summed E-state index contributed by atoms with van der Waals surface area (Å²) in [6, 6.07) is 6.23. The molecule has 0 aliphatic carbocycles. The Morgan fingerprint density at radius 1 is 1.11 bits per heavy atom. The number of sulfone groups is 1. The van der Waals surface area contributed by atoms with Gasteiger partial charge in [-0.3, -0.25) is 0 Å². The number of hydrogen-bond acceptors (Lipinski definition) is 5. The molecule has 3 aromatic rings. The fourth-order valence-electron chi connectivity index (χ4n) is 2.23. The van der Waals surface area contributed by atoms with Crippen molar-refractivity contribution in [2.45, 2.75) is 18.0 Å². The Labute approximate surface area is 151 Å². The lowest BCUT2D eigenvalue weighted by Gasteiger charge is -2.07. The average molecular weight is 400 g/mol. The number of hydrogen-bond donors (Lipinski definition) is 0. The van der Waals surface area contributed by atoms with Gasteiger partial charge in [-0.2, -0.15) is 17.9 Å². The molecule has 1 aromatic carbocycles. The Morgan fingerprint density at radius 3 is 2.33 bits per heavy atom. The van der Waals surface area contributed by atoms with Gasteiger partial charge in [-0.15, -0.1) is 5.10 Å². The molecule has 0 saturated heterocycles. The van der Waals surface area contributed by atoms with Crippen molar-refractivity contribution in [3.63, 3.8) is 0 Å². The van der Waals surface area contributed by atoms with Gasteiger partial charge in [0.2, 0.25) is 0 Å². The normalized spacial score (nSPS) is 12.4. The van der Waals surface area contributed by atoms with Crippen molar-refractivity contribution in [2.24, 2.45) is 0 Å². The molecule has 6 nitrogen and oxygen atoms in total. The summed E-state index contributed by atoms with van der Waals surface area (Å²) < 4.78 is 76.9. The van der Waals surface area contributed by atoms with Crippen LogP contribution in [-0.2, 0) is 16.0 Å². The number of benzene rings is 1. The van der Waals surface area contributed by atoms with Crippen LogP contribution in [0.15, 0.2) is 41.4 Å². The van der Waals surface area contributed by atoms with Crippen LogP contribution in [0.5, 0.6) is 0 Å². The average Bonchev–Trinajstić information content (AvgIpc) is 3.02. The lowest BCUT2D eigenvalue weighted by Crippen LogP contribution is -2.09. The van der Waals surface area contributed by atoms with Crippen LogP contribution in [0.2, 0.25) is 0 Å². The van der Waals surface area contributed by atoms with E-state index in [1.165, 1.54) is 31.2 Å². The highest BCUT2D eigenvalue weighted by Crippen LogP contribution is 2.30. The molecule has 3 rings (SSSR count). The molecule has 0 aliphatic rings. The summed E-state index contributed by atoms with van der Waals surface area (Å²) in [7, 11) is -3.53. The predicted molar refractivity (Wildman–Crippen MR) is 87.4 cm³/mol. The topological polar surface area (TPSA) is 77.7 Å². The molecule has 0 aliphatic heterocycles. The maximum absolute atomic E-state index is 13.9. The largest absolute Gasteiger partial charge is 0.453 e. The minimum Gasteiger partial charge on any atom is -0.236 e. The third-order valence-corrected chi connectivity index (χ3v) is 4.75. The summed E-state index contributed by atoms with van der Waals surface area (Å²) in [6.07, 6.45) is -2.85. The second-order valence-corrected chi connectivity index (χ2v) is 7.77. The quantitative estimate of drug-likeness (QED) is 0.631. The molecular formula is C16H12F4N4O2S. The lowest BCUT2D eigenvalue weighted by molar-refractivity contribution is -0.144. The third kappa shape index (κ3) is 3.82. The third-order valence-electron chi connectivity index (χ3n) is 3.66. The van der Waals surface area contributed by atoms with Crippen molar-refractivity contribution in [1.82, 2.24) is 19.7 Å².